The predicted molar refractivity (Wildman–Crippen MR) is 55.5 cm³/mol. The zero-order valence-corrected chi connectivity index (χ0v) is 8.46. The molecule has 0 spiro atoms. The Balaban J connectivity index is 2.04. The summed E-state index contributed by atoms with van der Waals surface area (Å²) in [7, 11) is 0. The van der Waals surface area contributed by atoms with Crippen LogP contribution in [0, 0.1) is 18.7 Å². The first kappa shape index (κ1) is 9.66. The summed E-state index contributed by atoms with van der Waals surface area (Å²) in [5.74, 6) is 0.578. The Kier molecular flexibility index (Phi) is 2.55. The highest BCUT2D eigenvalue weighted by molar-refractivity contribution is 5.24. The summed E-state index contributed by atoms with van der Waals surface area (Å²) in [4.78, 5) is 0. The maximum atomic E-state index is 13.0. The topological polar surface area (TPSA) is 26.0 Å². The number of rotatable bonds is 3. The Hall–Kier alpha value is -0.890. The van der Waals surface area contributed by atoms with Gasteiger partial charge in [0.15, 0.2) is 0 Å². The van der Waals surface area contributed by atoms with Crippen molar-refractivity contribution in [3.63, 3.8) is 0 Å². The van der Waals surface area contributed by atoms with Gasteiger partial charge >= 0.3 is 0 Å². The summed E-state index contributed by atoms with van der Waals surface area (Å²) in [5.41, 5.74) is 7.87. The molecule has 1 fully saturated rings. The van der Waals surface area contributed by atoms with Gasteiger partial charge in [0.1, 0.15) is 5.82 Å². The van der Waals surface area contributed by atoms with Crippen LogP contribution >= 0.6 is 0 Å². The van der Waals surface area contributed by atoms with Crippen LogP contribution in [0.1, 0.15) is 24.0 Å². The molecule has 1 aromatic carbocycles. The van der Waals surface area contributed by atoms with Crippen molar-refractivity contribution in [1.82, 2.24) is 0 Å². The lowest BCUT2D eigenvalue weighted by atomic mass is 10.0. The maximum Gasteiger partial charge on any atom is 0.126 e. The van der Waals surface area contributed by atoms with Gasteiger partial charge in [0, 0.05) is 6.04 Å². The lowest BCUT2D eigenvalue weighted by Crippen LogP contribution is -2.25. The quantitative estimate of drug-likeness (QED) is 0.783. The molecule has 76 valence electrons. The summed E-state index contributed by atoms with van der Waals surface area (Å²) in [6.07, 6.45) is 3.41. The fourth-order valence-electron chi connectivity index (χ4n) is 1.80. The first-order valence-electron chi connectivity index (χ1n) is 5.17. The molecule has 1 atom stereocenters. The highest BCUT2D eigenvalue weighted by atomic mass is 19.1. The van der Waals surface area contributed by atoms with Crippen LogP contribution in [0.5, 0.6) is 0 Å². The number of benzene rings is 1. The van der Waals surface area contributed by atoms with E-state index >= 15 is 0 Å². The van der Waals surface area contributed by atoms with Crippen LogP contribution in [0.2, 0.25) is 0 Å². The van der Waals surface area contributed by atoms with Gasteiger partial charge in [0.05, 0.1) is 0 Å². The number of halogens is 1. The Labute approximate surface area is 84.1 Å². The van der Waals surface area contributed by atoms with Gasteiger partial charge in [-0.1, -0.05) is 12.1 Å². The van der Waals surface area contributed by atoms with E-state index in [9.17, 15) is 4.39 Å². The molecule has 2 rings (SSSR count). The Morgan fingerprint density at radius 3 is 2.79 bits per heavy atom. The minimum atomic E-state index is -0.131. The predicted octanol–water partition coefficient (Wildman–Crippen LogP) is 2.41. The van der Waals surface area contributed by atoms with Crippen molar-refractivity contribution in [2.45, 2.75) is 32.2 Å². The monoisotopic (exact) mass is 193 g/mol. The molecule has 2 N–H and O–H groups in total. The molecule has 0 aliphatic heterocycles. The van der Waals surface area contributed by atoms with E-state index in [1.165, 1.54) is 18.9 Å². The summed E-state index contributed by atoms with van der Waals surface area (Å²) in [6.45, 7) is 1.79. The smallest absolute Gasteiger partial charge is 0.126 e. The van der Waals surface area contributed by atoms with E-state index in [0.717, 1.165) is 12.0 Å². The van der Waals surface area contributed by atoms with Crippen molar-refractivity contribution in [2.75, 3.05) is 0 Å². The van der Waals surface area contributed by atoms with E-state index in [2.05, 4.69) is 0 Å². The zero-order valence-electron chi connectivity index (χ0n) is 8.46. The molecule has 1 saturated carbocycles. The highest BCUT2D eigenvalue weighted by Gasteiger charge is 2.28. The first-order chi connectivity index (χ1) is 6.66. The van der Waals surface area contributed by atoms with E-state index in [-0.39, 0.29) is 11.9 Å². The summed E-state index contributed by atoms with van der Waals surface area (Å²) >= 11 is 0. The molecule has 0 saturated heterocycles. The zero-order chi connectivity index (χ0) is 10.1. The molecule has 14 heavy (non-hydrogen) atoms. The SMILES string of the molecule is Cc1cc(CC(N)C2CC2)ccc1F. The fraction of sp³-hybridized carbons (Fsp3) is 0.500. The third kappa shape index (κ3) is 2.13. The summed E-state index contributed by atoms with van der Waals surface area (Å²) in [6, 6.07) is 5.53. The fourth-order valence-corrected chi connectivity index (χ4v) is 1.80. The molecule has 0 bridgehead atoms. The average molecular weight is 193 g/mol. The van der Waals surface area contributed by atoms with Crippen LogP contribution < -0.4 is 5.73 Å². The van der Waals surface area contributed by atoms with Gasteiger partial charge in [-0.2, -0.15) is 0 Å². The van der Waals surface area contributed by atoms with Gasteiger partial charge in [-0.25, -0.2) is 4.39 Å². The molecule has 1 nitrogen and oxygen atoms in total. The molecule has 1 aromatic rings. The average Bonchev–Trinajstić information content (AvgIpc) is 2.94. The molecule has 2 heteroatoms. The van der Waals surface area contributed by atoms with E-state index in [4.69, 9.17) is 5.73 Å². The number of hydrogen-bond acceptors (Lipinski definition) is 1. The molecule has 0 heterocycles. The number of nitrogens with two attached hydrogens (primary N) is 1. The van der Waals surface area contributed by atoms with Crippen LogP contribution in [-0.2, 0) is 6.42 Å². The minimum Gasteiger partial charge on any atom is -0.327 e. The van der Waals surface area contributed by atoms with Crippen molar-refractivity contribution in [2.24, 2.45) is 11.7 Å². The van der Waals surface area contributed by atoms with Crippen LogP contribution in [0.15, 0.2) is 18.2 Å². The molecule has 1 unspecified atom stereocenters. The van der Waals surface area contributed by atoms with Gasteiger partial charge in [-0.3, -0.25) is 0 Å². The second-order valence-electron chi connectivity index (χ2n) is 4.29. The van der Waals surface area contributed by atoms with Crippen LogP contribution in [-0.4, -0.2) is 6.04 Å². The van der Waals surface area contributed by atoms with Gasteiger partial charge in [-0.05, 0) is 49.3 Å². The van der Waals surface area contributed by atoms with Crippen LogP contribution in [0.3, 0.4) is 0 Å². The molecule has 0 aromatic heterocycles. The highest BCUT2D eigenvalue weighted by Crippen LogP contribution is 2.32. The minimum absolute atomic E-state index is 0.131. The lowest BCUT2D eigenvalue weighted by Gasteiger charge is -2.10. The van der Waals surface area contributed by atoms with Gasteiger partial charge in [0.2, 0.25) is 0 Å². The Bertz CT molecular complexity index is 331. The van der Waals surface area contributed by atoms with Crippen molar-refractivity contribution in [3.8, 4) is 0 Å². The molecular formula is C12H16FN. The standard InChI is InChI=1S/C12H16FN/c1-8-6-9(2-5-11(8)13)7-12(14)10-3-4-10/h2,5-6,10,12H,3-4,7,14H2,1H3. The van der Waals surface area contributed by atoms with Crippen LogP contribution in [0.4, 0.5) is 4.39 Å². The van der Waals surface area contributed by atoms with Crippen molar-refractivity contribution in [3.05, 3.63) is 35.1 Å². The van der Waals surface area contributed by atoms with Crippen LogP contribution in [0.25, 0.3) is 0 Å². The third-order valence-corrected chi connectivity index (χ3v) is 2.92. The van der Waals surface area contributed by atoms with Crippen molar-refractivity contribution >= 4 is 0 Å². The largest absolute Gasteiger partial charge is 0.327 e. The summed E-state index contributed by atoms with van der Waals surface area (Å²) in [5, 5.41) is 0. The number of aryl methyl sites for hydroxylation is 1. The van der Waals surface area contributed by atoms with Gasteiger partial charge in [0.25, 0.3) is 0 Å². The number of hydrogen-bond donors (Lipinski definition) is 1. The third-order valence-electron chi connectivity index (χ3n) is 2.92. The van der Waals surface area contributed by atoms with E-state index in [1.54, 1.807) is 6.92 Å². The normalized spacial score (nSPS) is 18.2. The van der Waals surface area contributed by atoms with Gasteiger partial charge < -0.3 is 5.73 Å². The Morgan fingerprint density at radius 1 is 1.50 bits per heavy atom. The van der Waals surface area contributed by atoms with Crippen molar-refractivity contribution in [1.29, 1.82) is 0 Å². The van der Waals surface area contributed by atoms with E-state index < -0.39 is 0 Å². The molecule has 1 aliphatic carbocycles. The lowest BCUT2D eigenvalue weighted by molar-refractivity contribution is 0.587. The molecule has 1 aliphatic rings. The van der Waals surface area contributed by atoms with E-state index in [1.807, 2.05) is 12.1 Å². The molecule has 0 amide bonds. The maximum absolute atomic E-state index is 13.0. The summed E-state index contributed by atoms with van der Waals surface area (Å²) < 4.78 is 13.0. The molecule has 0 radical (unpaired) electrons. The Morgan fingerprint density at radius 2 is 2.21 bits per heavy atom. The van der Waals surface area contributed by atoms with Crippen molar-refractivity contribution < 1.29 is 4.39 Å². The second kappa shape index (κ2) is 3.70. The molecular weight excluding hydrogens is 177 g/mol. The first-order valence-corrected chi connectivity index (χ1v) is 5.17. The van der Waals surface area contributed by atoms with E-state index in [0.29, 0.717) is 11.5 Å². The second-order valence-corrected chi connectivity index (χ2v) is 4.29. The van der Waals surface area contributed by atoms with Gasteiger partial charge in [-0.15, -0.1) is 0 Å².